The van der Waals surface area contributed by atoms with Gasteiger partial charge in [-0.15, -0.1) is 0 Å². The number of hydrogen-bond acceptors (Lipinski definition) is 3. The van der Waals surface area contributed by atoms with E-state index < -0.39 is 18.1 Å². The van der Waals surface area contributed by atoms with E-state index in [4.69, 9.17) is 28.3 Å². The van der Waals surface area contributed by atoms with Crippen LogP contribution in [0.2, 0.25) is 10.0 Å². The second kappa shape index (κ2) is 6.78. The van der Waals surface area contributed by atoms with Crippen molar-refractivity contribution in [3.63, 3.8) is 0 Å². The molecule has 110 valence electrons. The van der Waals surface area contributed by atoms with Gasteiger partial charge in [0.05, 0.1) is 22.4 Å². The van der Waals surface area contributed by atoms with Gasteiger partial charge in [-0.25, -0.2) is 9.59 Å². The van der Waals surface area contributed by atoms with Crippen LogP contribution in [0.3, 0.4) is 0 Å². The third-order valence-electron chi connectivity index (χ3n) is 2.40. The average Bonchev–Trinajstić information content (AvgIpc) is 2.30. The smallest absolute Gasteiger partial charge is 0.337 e. The van der Waals surface area contributed by atoms with E-state index in [2.05, 4.69) is 5.32 Å². The van der Waals surface area contributed by atoms with Crippen LogP contribution in [-0.4, -0.2) is 46.8 Å². The minimum Gasteiger partial charge on any atom is -0.478 e. The highest BCUT2D eigenvalue weighted by molar-refractivity contribution is 6.37. The molecule has 0 spiro atoms. The average molecular weight is 321 g/mol. The Morgan fingerprint density at radius 1 is 1.40 bits per heavy atom. The van der Waals surface area contributed by atoms with Crippen molar-refractivity contribution in [2.75, 3.05) is 18.9 Å². The van der Waals surface area contributed by atoms with Crippen molar-refractivity contribution in [1.29, 1.82) is 0 Å². The number of aliphatic hydroxyl groups is 1. The molecule has 0 fully saturated rings. The van der Waals surface area contributed by atoms with Gasteiger partial charge in [0.25, 0.3) is 0 Å². The highest BCUT2D eigenvalue weighted by atomic mass is 35.5. The zero-order chi connectivity index (χ0) is 15.4. The molecule has 0 aliphatic heterocycles. The molecule has 1 unspecified atom stereocenters. The molecule has 0 aliphatic rings. The number of halogens is 2. The number of aliphatic hydroxyl groups excluding tert-OH is 1. The van der Waals surface area contributed by atoms with Gasteiger partial charge in [0, 0.05) is 18.6 Å². The van der Waals surface area contributed by atoms with Crippen molar-refractivity contribution in [3.05, 3.63) is 27.7 Å². The summed E-state index contributed by atoms with van der Waals surface area (Å²) < 4.78 is 0. The van der Waals surface area contributed by atoms with Gasteiger partial charge in [-0.2, -0.15) is 0 Å². The molecule has 1 atom stereocenters. The summed E-state index contributed by atoms with van der Waals surface area (Å²) in [7, 11) is 1.46. The first kappa shape index (κ1) is 16.6. The number of benzene rings is 1. The number of anilines is 1. The number of nitrogens with zero attached hydrogens (tertiary/aromatic N) is 1. The van der Waals surface area contributed by atoms with Gasteiger partial charge in [0.15, 0.2) is 0 Å². The van der Waals surface area contributed by atoms with Crippen LogP contribution in [0, 0.1) is 0 Å². The van der Waals surface area contributed by atoms with Crippen molar-refractivity contribution >= 4 is 40.9 Å². The highest BCUT2D eigenvalue weighted by Crippen LogP contribution is 2.30. The number of aromatic carboxylic acids is 1. The molecule has 0 aliphatic carbocycles. The number of likely N-dealkylation sites (N-methyl/N-ethyl adjacent to an activating group) is 1. The molecule has 0 saturated carbocycles. The van der Waals surface area contributed by atoms with E-state index in [1.165, 1.54) is 31.0 Å². The standard InChI is InChI=1S/C12H14Cl2N2O4/c1-6(17)5-16(2)12(20)15-10-8(11(18)19)3-7(13)4-9(10)14/h3-4,6,17H,5H2,1-2H3,(H,15,20)(H,18,19). The molecule has 0 heterocycles. The largest absolute Gasteiger partial charge is 0.478 e. The lowest BCUT2D eigenvalue weighted by Crippen LogP contribution is -2.36. The number of carbonyl (C=O) groups excluding carboxylic acids is 1. The maximum absolute atomic E-state index is 11.9. The Labute approximate surface area is 125 Å². The molecule has 8 heteroatoms. The number of rotatable bonds is 4. The third kappa shape index (κ3) is 4.26. The molecular weight excluding hydrogens is 307 g/mol. The van der Waals surface area contributed by atoms with Crippen molar-refractivity contribution in [3.8, 4) is 0 Å². The van der Waals surface area contributed by atoms with Gasteiger partial charge in [-0.05, 0) is 19.1 Å². The Morgan fingerprint density at radius 2 is 2.00 bits per heavy atom. The summed E-state index contributed by atoms with van der Waals surface area (Å²) >= 11 is 11.6. The molecule has 0 radical (unpaired) electrons. The molecule has 1 aromatic carbocycles. The fourth-order valence-electron chi connectivity index (χ4n) is 1.55. The molecule has 3 N–H and O–H groups in total. The van der Waals surface area contributed by atoms with Crippen LogP contribution >= 0.6 is 23.2 Å². The van der Waals surface area contributed by atoms with Crippen LogP contribution in [-0.2, 0) is 0 Å². The number of carboxylic acid groups (broad SMARTS) is 1. The second-order valence-corrected chi connectivity index (χ2v) is 5.12. The van der Waals surface area contributed by atoms with E-state index in [1.54, 1.807) is 0 Å². The minimum absolute atomic E-state index is 0.0219. The molecule has 1 aromatic rings. The molecule has 2 amide bonds. The summed E-state index contributed by atoms with van der Waals surface area (Å²) in [6, 6.07) is 1.94. The lowest BCUT2D eigenvalue weighted by atomic mass is 10.2. The summed E-state index contributed by atoms with van der Waals surface area (Å²) in [5, 5.41) is 20.9. The maximum Gasteiger partial charge on any atom is 0.337 e. The molecule has 0 bridgehead atoms. The summed E-state index contributed by atoms with van der Waals surface area (Å²) in [5.41, 5.74) is -0.243. The van der Waals surface area contributed by atoms with Gasteiger partial charge in [-0.3, -0.25) is 0 Å². The van der Waals surface area contributed by atoms with E-state index in [9.17, 15) is 14.7 Å². The normalized spacial score (nSPS) is 11.8. The van der Waals surface area contributed by atoms with Crippen molar-refractivity contribution in [2.24, 2.45) is 0 Å². The van der Waals surface area contributed by atoms with Gasteiger partial charge < -0.3 is 20.4 Å². The Kier molecular flexibility index (Phi) is 5.62. The first-order chi connectivity index (χ1) is 9.22. The zero-order valence-electron chi connectivity index (χ0n) is 10.9. The van der Waals surface area contributed by atoms with E-state index in [-0.39, 0.29) is 27.8 Å². The number of hydrogen-bond donors (Lipinski definition) is 3. The zero-order valence-corrected chi connectivity index (χ0v) is 12.4. The Morgan fingerprint density at radius 3 is 2.50 bits per heavy atom. The number of nitrogens with one attached hydrogen (secondary N) is 1. The Bertz CT molecular complexity index is 534. The third-order valence-corrected chi connectivity index (χ3v) is 2.92. The molecule has 1 rings (SSSR count). The fourth-order valence-corrected chi connectivity index (χ4v) is 2.09. The van der Waals surface area contributed by atoms with E-state index in [0.29, 0.717) is 0 Å². The first-order valence-electron chi connectivity index (χ1n) is 5.65. The van der Waals surface area contributed by atoms with Crippen LogP contribution in [0.25, 0.3) is 0 Å². The Balaban J connectivity index is 3.03. The second-order valence-electron chi connectivity index (χ2n) is 4.28. The quantitative estimate of drug-likeness (QED) is 0.795. The predicted molar refractivity (Wildman–Crippen MR) is 76.8 cm³/mol. The van der Waals surface area contributed by atoms with E-state index in [1.807, 2.05) is 0 Å². The number of urea groups is 1. The predicted octanol–water partition coefficient (Wildman–Crippen LogP) is 2.54. The van der Waals surface area contributed by atoms with Crippen LogP contribution in [0.4, 0.5) is 10.5 Å². The monoisotopic (exact) mass is 320 g/mol. The Hall–Kier alpha value is -1.50. The van der Waals surface area contributed by atoms with Gasteiger partial charge in [0.1, 0.15) is 0 Å². The molecule has 6 nitrogen and oxygen atoms in total. The molecule has 20 heavy (non-hydrogen) atoms. The summed E-state index contributed by atoms with van der Waals surface area (Å²) in [6.07, 6.45) is -0.703. The molecule has 0 aromatic heterocycles. The maximum atomic E-state index is 11.9. The summed E-state index contributed by atoms with van der Waals surface area (Å²) in [6.45, 7) is 1.63. The summed E-state index contributed by atoms with van der Waals surface area (Å²) in [5.74, 6) is -1.26. The van der Waals surface area contributed by atoms with Gasteiger partial charge in [-0.1, -0.05) is 23.2 Å². The summed E-state index contributed by atoms with van der Waals surface area (Å²) in [4.78, 5) is 24.2. The van der Waals surface area contributed by atoms with E-state index >= 15 is 0 Å². The number of carboxylic acids is 1. The fraction of sp³-hybridized carbons (Fsp3) is 0.333. The van der Waals surface area contributed by atoms with Gasteiger partial charge in [0.2, 0.25) is 0 Å². The van der Waals surface area contributed by atoms with E-state index in [0.717, 1.165) is 0 Å². The minimum atomic E-state index is -1.26. The van der Waals surface area contributed by atoms with Crippen LogP contribution in [0.5, 0.6) is 0 Å². The lowest BCUT2D eigenvalue weighted by molar-refractivity contribution is 0.0698. The van der Waals surface area contributed by atoms with Crippen molar-refractivity contribution in [2.45, 2.75) is 13.0 Å². The van der Waals surface area contributed by atoms with Crippen LogP contribution in [0.1, 0.15) is 17.3 Å². The van der Waals surface area contributed by atoms with Crippen molar-refractivity contribution < 1.29 is 19.8 Å². The van der Waals surface area contributed by atoms with Crippen LogP contribution < -0.4 is 5.32 Å². The molecule has 0 saturated heterocycles. The molecular formula is C12H14Cl2N2O4. The lowest BCUT2D eigenvalue weighted by Gasteiger charge is -2.20. The van der Waals surface area contributed by atoms with Gasteiger partial charge >= 0.3 is 12.0 Å². The topological polar surface area (TPSA) is 89.9 Å². The SMILES string of the molecule is CC(O)CN(C)C(=O)Nc1c(Cl)cc(Cl)cc1C(=O)O. The van der Waals surface area contributed by atoms with Crippen LogP contribution in [0.15, 0.2) is 12.1 Å². The van der Waals surface area contributed by atoms with Crippen molar-refractivity contribution in [1.82, 2.24) is 4.90 Å². The number of amides is 2. The number of carbonyl (C=O) groups is 2. The first-order valence-corrected chi connectivity index (χ1v) is 6.40. The highest BCUT2D eigenvalue weighted by Gasteiger charge is 2.19.